The number of benzene rings is 1. The molecule has 0 atom stereocenters. The number of halogens is 2. The van der Waals surface area contributed by atoms with Crippen molar-refractivity contribution in [3.63, 3.8) is 0 Å². The van der Waals surface area contributed by atoms with E-state index in [4.69, 9.17) is 4.74 Å². The van der Waals surface area contributed by atoms with Gasteiger partial charge in [0, 0.05) is 24.8 Å². The number of rotatable bonds is 6. The lowest BCUT2D eigenvalue weighted by molar-refractivity contribution is 0.198. The molecule has 0 saturated carbocycles. The summed E-state index contributed by atoms with van der Waals surface area (Å²) in [6.45, 7) is 2.51. The van der Waals surface area contributed by atoms with Crippen LogP contribution in [-0.2, 0) is 11.3 Å². The molecule has 23 heavy (non-hydrogen) atoms. The zero-order valence-electron chi connectivity index (χ0n) is 12.9. The number of hydrogen-bond donors (Lipinski definition) is 2. The SMILES string of the molecule is COCCNC(=O)Nc1c(C)cnn1Cc1cc(F)ccc1F. The van der Waals surface area contributed by atoms with Crippen LogP contribution < -0.4 is 10.6 Å². The number of ether oxygens (including phenoxy) is 1. The van der Waals surface area contributed by atoms with E-state index in [1.54, 1.807) is 13.1 Å². The quantitative estimate of drug-likeness (QED) is 0.801. The second-order valence-electron chi connectivity index (χ2n) is 4.94. The van der Waals surface area contributed by atoms with Crippen LogP contribution in [0.1, 0.15) is 11.1 Å². The van der Waals surface area contributed by atoms with Crippen LogP contribution in [0.25, 0.3) is 0 Å². The molecule has 2 aromatic rings. The summed E-state index contributed by atoms with van der Waals surface area (Å²) in [6, 6.07) is 2.79. The summed E-state index contributed by atoms with van der Waals surface area (Å²) in [7, 11) is 1.53. The predicted octanol–water partition coefficient (Wildman–Crippen LogP) is 2.29. The van der Waals surface area contributed by atoms with Crippen molar-refractivity contribution in [3.05, 3.63) is 47.2 Å². The Kier molecular flexibility index (Phi) is 5.64. The fraction of sp³-hybridized carbons (Fsp3) is 0.333. The Morgan fingerprint density at radius 2 is 2.17 bits per heavy atom. The highest BCUT2D eigenvalue weighted by Crippen LogP contribution is 2.18. The molecule has 1 heterocycles. The molecule has 2 N–H and O–H groups in total. The Hall–Kier alpha value is -2.48. The van der Waals surface area contributed by atoms with Crippen LogP contribution in [0.3, 0.4) is 0 Å². The molecule has 0 spiro atoms. The molecule has 8 heteroatoms. The van der Waals surface area contributed by atoms with Crippen LogP contribution in [0.5, 0.6) is 0 Å². The van der Waals surface area contributed by atoms with Crippen molar-refractivity contribution < 1.29 is 18.3 Å². The fourth-order valence-corrected chi connectivity index (χ4v) is 2.01. The van der Waals surface area contributed by atoms with E-state index in [1.165, 1.54) is 11.8 Å². The average molecular weight is 324 g/mol. The number of urea groups is 1. The second kappa shape index (κ2) is 7.68. The van der Waals surface area contributed by atoms with Gasteiger partial charge in [0.05, 0.1) is 19.3 Å². The lowest BCUT2D eigenvalue weighted by Crippen LogP contribution is -2.32. The fourth-order valence-electron chi connectivity index (χ4n) is 2.01. The first-order valence-corrected chi connectivity index (χ1v) is 7.01. The summed E-state index contributed by atoms with van der Waals surface area (Å²) in [5.74, 6) is -0.643. The molecule has 2 amide bonds. The minimum absolute atomic E-state index is 0.00508. The van der Waals surface area contributed by atoms with Crippen LogP contribution in [0.4, 0.5) is 19.4 Å². The number of anilines is 1. The van der Waals surface area contributed by atoms with Gasteiger partial charge in [0.2, 0.25) is 0 Å². The molecule has 0 bridgehead atoms. The summed E-state index contributed by atoms with van der Waals surface area (Å²) in [4.78, 5) is 11.8. The Morgan fingerprint density at radius 1 is 1.39 bits per heavy atom. The Balaban J connectivity index is 2.12. The minimum Gasteiger partial charge on any atom is -0.383 e. The lowest BCUT2D eigenvalue weighted by Gasteiger charge is -2.11. The number of amides is 2. The molecule has 1 aromatic carbocycles. The zero-order valence-corrected chi connectivity index (χ0v) is 12.9. The third-order valence-electron chi connectivity index (χ3n) is 3.17. The molecule has 6 nitrogen and oxygen atoms in total. The first-order valence-electron chi connectivity index (χ1n) is 7.01. The standard InChI is InChI=1S/C15H18F2N4O2/c1-10-8-19-21(9-11-7-12(16)3-4-13(11)17)14(10)20-15(22)18-5-6-23-2/h3-4,7-8H,5-6,9H2,1-2H3,(H2,18,20,22). The summed E-state index contributed by atoms with van der Waals surface area (Å²) in [5.41, 5.74) is 0.861. The van der Waals surface area contributed by atoms with Crippen molar-refractivity contribution >= 4 is 11.8 Å². The van der Waals surface area contributed by atoms with Gasteiger partial charge in [-0.25, -0.2) is 18.3 Å². The summed E-state index contributed by atoms with van der Waals surface area (Å²) >= 11 is 0. The largest absolute Gasteiger partial charge is 0.383 e. The van der Waals surface area contributed by atoms with E-state index in [2.05, 4.69) is 15.7 Å². The Bertz CT molecular complexity index is 688. The molecule has 1 aromatic heterocycles. The number of nitrogens with zero attached hydrogens (tertiary/aromatic N) is 2. The molecule has 0 aliphatic carbocycles. The number of carbonyl (C=O) groups is 1. The summed E-state index contributed by atoms with van der Waals surface area (Å²) in [5, 5.41) is 9.35. The number of aromatic nitrogens is 2. The van der Waals surface area contributed by atoms with Crippen molar-refractivity contribution in [3.8, 4) is 0 Å². The molecular weight excluding hydrogens is 306 g/mol. The van der Waals surface area contributed by atoms with E-state index in [9.17, 15) is 13.6 Å². The van der Waals surface area contributed by atoms with Crippen molar-refractivity contribution in [1.82, 2.24) is 15.1 Å². The molecule has 124 valence electrons. The highest BCUT2D eigenvalue weighted by atomic mass is 19.1. The molecule has 0 aliphatic rings. The van der Waals surface area contributed by atoms with E-state index in [-0.39, 0.29) is 12.1 Å². The summed E-state index contributed by atoms with van der Waals surface area (Å²) < 4.78 is 33.2. The third kappa shape index (κ3) is 4.49. The van der Waals surface area contributed by atoms with Crippen molar-refractivity contribution in [2.75, 3.05) is 25.6 Å². The molecule has 0 aliphatic heterocycles. The number of hydrogen-bond acceptors (Lipinski definition) is 3. The van der Waals surface area contributed by atoms with Gasteiger partial charge in [0.1, 0.15) is 17.5 Å². The first-order chi connectivity index (χ1) is 11.0. The maximum absolute atomic E-state index is 13.7. The zero-order chi connectivity index (χ0) is 16.8. The Morgan fingerprint density at radius 3 is 2.91 bits per heavy atom. The summed E-state index contributed by atoms with van der Waals surface area (Å²) in [6.07, 6.45) is 1.54. The highest BCUT2D eigenvalue weighted by Gasteiger charge is 2.13. The van der Waals surface area contributed by atoms with Crippen LogP contribution >= 0.6 is 0 Å². The predicted molar refractivity (Wildman–Crippen MR) is 81.3 cm³/mol. The molecule has 0 unspecified atom stereocenters. The molecular formula is C15H18F2N4O2. The van der Waals surface area contributed by atoms with E-state index >= 15 is 0 Å². The van der Waals surface area contributed by atoms with Gasteiger partial charge in [0.15, 0.2) is 0 Å². The van der Waals surface area contributed by atoms with Crippen LogP contribution in [0.15, 0.2) is 24.4 Å². The van der Waals surface area contributed by atoms with Gasteiger partial charge in [0.25, 0.3) is 0 Å². The average Bonchev–Trinajstić information content (AvgIpc) is 2.84. The number of aryl methyl sites for hydroxylation is 1. The molecule has 0 radical (unpaired) electrons. The van der Waals surface area contributed by atoms with Crippen LogP contribution in [0, 0.1) is 18.6 Å². The maximum Gasteiger partial charge on any atom is 0.320 e. The van der Waals surface area contributed by atoms with Gasteiger partial charge in [-0.3, -0.25) is 5.32 Å². The monoisotopic (exact) mass is 324 g/mol. The van der Waals surface area contributed by atoms with Gasteiger partial charge >= 0.3 is 6.03 Å². The number of carbonyl (C=O) groups excluding carboxylic acids is 1. The van der Waals surface area contributed by atoms with Crippen LogP contribution in [-0.4, -0.2) is 36.1 Å². The second-order valence-corrected chi connectivity index (χ2v) is 4.94. The van der Waals surface area contributed by atoms with Gasteiger partial charge in [-0.05, 0) is 25.1 Å². The van der Waals surface area contributed by atoms with E-state index in [1.807, 2.05) is 0 Å². The van der Waals surface area contributed by atoms with Gasteiger partial charge in [-0.1, -0.05) is 0 Å². The smallest absolute Gasteiger partial charge is 0.320 e. The van der Waals surface area contributed by atoms with Crippen molar-refractivity contribution in [2.24, 2.45) is 0 Å². The van der Waals surface area contributed by atoms with Crippen molar-refractivity contribution in [2.45, 2.75) is 13.5 Å². The normalized spacial score (nSPS) is 10.6. The van der Waals surface area contributed by atoms with E-state index in [0.29, 0.717) is 24.5 Å². The first kappa shape index (κ1) is 16.9. The number of methoxy groups -OCH3 is 1. The molecule has 0 saturated heterocycles. The minimum atomic E-state index is -0.532. The molecule has 0 fully saturated rings. The maximum atomic E-state index is 13.7. The number of nitrogens with one attached hydrogen (secondary N) is 2. The van der Waals surface area contributed by atoms with Crippen LogP contribution in [0.2, 0.25) is 0 Å². The third-order valence-corrected chi connectivity index (χ3v) is 3.17. The van der Waals surface area contributed by atoms with Gasteiger partial charge < -0.3 is 10.1 Å². The Labute approximate surface area is 132 Å². The highest BCUT2D eigenvalue weighted by molar-refractivity contribution is 5.89. The lowest BCUT2D eigenvalue weighted by atomic mass is 10.2. The van der Waals surface area contributed by atoms with Gasteiger partial charge in [-0.15, -0.1) is 0 Å². The van der Waals surface area contributed by atoms with Gasteiger partial charge in [-0.2, -0.15) is 5.10 Å². The molecule has 2 rings (SSSR count). The van der Waals surface area contributed by atoms with E-state index in [0.717, 1.165) is 18.2 Å². The topological polar surface area (TPSA) is 68.2 Å². The van der Waals surface area contributed by atoms with Crippen molar-refractivity contribution in [1.29, 1.82) is 0 Å². The van der Waals surface area contributed by atoms with E-state index < -0.39 is 17.7 Å².